The summed E-state index contributed by atoms with van der Waals surface area (Å²) in [5, 5.41) is 0. The van der Waals surface area contributed by atoms with E-state index in [1.54, 1.807) is 18.2 Å². The Morgan fingerprint density at radius 1 is 0.731 bits per heavy atom. The van der Waals surface area contributed by atoms with Crippen molar-refractivity contribution in [2.45, 2.75) is 0 Å². The third kappa shape index (κ3) is 5.89. The molecule has 0 aliphatic carbocycles. The number of hydrogen-bond acceptors (Lipinski definition) is 3. The van der Waals surface area contributed by atoms with E-state index >= 15 is 0 Å². The summed E-state index contributed by atoms with van der Waals surface area (Å²) in [4.78, 5) is 20.8. The Morgan fingerprint density at radius 3 is 1.85 bits per heavy atom. The molecule has 132 valence electrons. The summed E-state index contributed by atoms with van der Waals surface area (Å²) < 4.78 is 19.2. The molecule has 3 nitrogen and oxygen atoms in total. The normalized spacial score (nSPS) is 9.65. The quantitative estimate of drug-likeness (QED) is 0.403. The van der Waals surface area contributed by atoms with E-state index in [2.05, 4.69) is 31.9 Å². The first kappa shape index (κ1) is 20.0. The lowest BCUT2D eigenvalue weighted by molar-refractivity contribution is 0.111. The first-order chi connectivity index (χ1) is 12.5. The van der Waals surface area contributed by atoms with Crippen LogP contribution in [0, 0.1) is 5.82 Å². The highest BCUT2D eigenvalue weighted by Crippen LogP contribution is 2.26. The average molecular weight is 480 g/mol. The van der Waals surface area contributed by atoms with E-state index in [4.69, 9.17) is 4.74 Å². The van der Waals surface area contributed by atoms with Gasteiger partial charge < -0.3 is 4.74 Å². The molecule has 0 fully saturated rings. The maximum absolute atomic E-state index is 12.3. The molecule has 0 unspecified atom stereocenters. The van der Waals surface area contributed by atoms with E-state index in [1.807, 2.05) is 30.3 Å². The van der Waals surface area contributed by atoms with Crippen molar-refractivity contribution < 1.29 is 18.7 Å². The van der Waals surface area contributed by atoms with Crippen LogP contribution in [0.3, 0.4) is 0 Å². The highest BCUT2D eigenvalue weighted by atomic mass is 79.9. The van der Waals surface area contributed by atoms with Crippen LogP contribution in [0.4, 0.5) is 4.39 Å². The number of benzene rings is 3. The SMILES string of the molecule is O=Cc1ccc(F)cc1Br.O=Cc1ccc(Oc2ccccc2)cc1Br. The molecule has 0 saturated heterocycles. The molecule has 3 rings (SSSR count). The standard InChI is InChI=1S/C13H9BrO2.C7H4BrFO/c14-13-8-12(7-6-10(13)9-15)16-11-4-2-1-3-5-11;8-7-3-6(9)2-1-5(7)4-10/h1-9H;1-4H. The van der Waals surface area contributed by atoms with E-state index in [9.17, 15) is 14.0 Å². The van der Waals surface area contributed by atoms with Gasteiger partial charge in [-0.1, -0.05) is 18.2 Å². The highest BCUT2D eigenvalue weighted by Gasteiger charge is 2.02. The van der Waals surface area contributed by atoms with E-state index in [-0.39, 0.29) is 5.82 Å². The molecule has 0 amide bonds. The van der Waals surface area contributed by atoms with Crippen LogP contribution in [0.25, 0.3) is 0 Å². The van der Waals surface area contributed by atoms with Crippen LogP contribution in [0.2, 0.25) is 0 Å². The van der Waals surface area contributed by atoms with Crippen molar-refractivity contribution in [2.24, 2.45) is 0 Å². The molecular weight excluding hydrogens is 467 g/mol. The van der Waals surface area contributed by atoms with E-state index in [0.717, 1.165) is 16.5 Å². The van der Waals surface area contributed by atoms with Crippen molar-refractivity contribution in [1.82, 2.24) is 0 Å². The van der Waals surface area contributed by atoms with Gasteiger partial charge in [0.15, 0.2) is 12.6 Å². The first-order valence-electron chi connectivity index (χ1n) is 7.41. The van der Waals surface area contributed by atoms with Gasteiger partial charge in [0.25, 0.3) is 0 Å². The summed E-state index contributed by atoms with van der Waals surface area (Å²) in [6.07, 6.45) is 1.47. The summed E-state index contributed by atoms with van der Waals surface area (Å²) in [6, 6.07) is 18.7. The number of hydrogen-bond donors (Lipinski definition) is 0. The fraction of sp³-hybridized carbons (Fsp3) is 0. The lowest BCUT2D eigenvalue weighted by atomic mass is 10.2. The van der Waals surface area contributed by atoms with Gasteiger partial charge >= 0.3 is 0 Å². The Balaban J connectivity index is 0.000000209. The Morgan fingerprint density at radius 2 is 1.31 bits per heavy atom. The minimum Gasteiger partial charge on any atom is -0.457 e. The minimum absolute atomic E-state index is 0.350. The van der Waals surface area contributed by atoms with Crippen LogP contribution in [0.15, 0.2) is 75.7 Å². The molecule has 0 bridgehead atoms. The smallest absolute Gasteiger partial charge is 0.151 e. The summed E-state index contributed by atoms with van der Waals surface area (Å²) in [5.41, 5.74) is 1.07. The highest BCUT2D eigenvalue weighted by molar-refractivity contribution is 9.10. The summed E-state index contributed by atoms with van der Waals surface area (Å²) >= 11 is 6.35. The van der Waals surface area contributed by atoms with Crippen LogP contribution >= 0.6 is 31.9 Å². The Bertz CT molecular complexity index is 899. The van der Waals surface area contributed by atoms with Crippen molar-refractivity contribution in [3.63, 3.8) is 0 Å². The van der Waals surface area contributed by atoms with Gasteiger partial charge in [-0.05, 0) is 80.4 Å². The number of carbonyl (C=O) groups excluding carboxylic acids is 2. The van der Waals surface area contributed by atoms with E-state index in [1.165, 1.54) is 18.2 Å². The number of ether oxygens (including phenoxy) is 1. The minimum atomic E-state index is -0.350. The molecule has 0 heterocycles. The average Bonchev–Trinajstić information content (AvgIpc) is 2.63. The molecule has 0 aliphatic rings. The fourth-order valence-electron chi connectivity index (χ4n) is 1.89. The summed E-state index contributed by atoms with van der Waals surface area (Å²) in [7, 11) is 0. The topological polar surface area (TPSA) is 43.4 Å². The zero-order valence-corrected chi connectivity index (χ0v) is 16.5. The summed E-state index contributed by atoms with van der Waals surface area (Å²) in [6.45, 7) is 0. The molecule has 0 atom stereocenters. The van der Waals surface area contributed by atoms with E-state index in [0.29, 0.717) is 27.6 Å². The maximum Gasteiger partial charge on any atom is 0.151 e. The van der Waals surface area contributed by atoms with Crippen molar-refractivity contribution in [3.05, 3.63) is 92.6 Å². The van der Waals surface area contributed by atoms with Crippen molar-refractivity contribution in [1.29, 1.82) is 0 Å². The van der Waals surface area contributed by atoms with Crippen molar-refractivity contribution >= 4 is 44.4 Å². The first-order valence-corrected chi connectivity index (χ1v) is 9.00. The molecule has 0 N–H and O–H groups in total. The second-order valence-corrected chi connectivity index (χ2v) is 6.71. The second kappa shape index (κ2) is 9.99. The molecule has 3 aromatic rings. The van der Waals surface area contributed by atoms with Gasteiger partial charge in [0.1, 0.15) is 17.3 Å². The molecule has 6 heteroatoms. The second-order valence-electron chi connectivity index (χ2n) is 5.00. The van der Waals surface area contributed by atoms with Crippen LogP contribution in [0.5, 0.6) is 11.5 Å². The van der Waals surface area contributed by atoms with Gasteiger partial charge in [-0.2, -0.15) is 0 Å². The number of para-hydroxylation sites is 1. The lowest BCUT2D eigenvalue weighted by Gasteiger charge is -2.06. The largest absolute Gasteiger partial charge is 0.457 e. The maximum atomic E-state index is 12.3. The molecule has 0 saturated carbocycles. The van der Waals surface area contributed by atoms with E-state index < -0.39 is 0 Å². The Kier molecular flexibility index (Phi) is 7.69. The fourth-order valence-corrected chi connectivity index (χ4v) is 2.78. The van der Waals surface area contributed by atoms with Gasteiger partial charge in [-0.15, -0.1) is 0 Å². The van der Waals surface area contributed by atoms with Crippen LogP contribution in [0.1, 0.15) is 20.7 Å². The van der Waals surface area contributed by atoms with Crippen LogP contribution < -0.4 is 4.74 Å². The molecular formula is C20H13Br2FO3. The Labute approximate surface area is 167 Å². The molecule has 26 heavy (non-hydrogen) atoms. The zero-order valence-electron chi connectivity index (χ0n) is 13.4. The molecule has 3 aromatic carbocycles. The van der Waals surface area contributed by atoms with Gasteiger partial charge in [0.05, 0.1) is 0 Å². The van der Waals surface area contributed by atoms with Gasteiger partial charge in [-0.25, -0.2) is 4.39 Å². The predicted molar refractivity (Wildman–Crippen MR) is 106 cm³/mol. The van der Waals surface area contributed by atoms with Crippen LogP contribution in [-0.2, 0) is 0 Å². The van der Waals surface area contributed by atoms with Gasteiger partial charge in [-0.3, -0.25) is 9.59 Å². The number of carbonyl (C=O) groups is 2. The molecule has 0 aliphatic heterocycles. The third-order valence-corrected chi connectivity index (χ3v) is 4.54. The Hall–Kier alpha value is -2.31. The molecule has 0 radical (unpaired) electrons. The number of rotatable bonds is 4. The van der Waals surface area contributed by atoms with Crippen molar-refractivity contribution in [3.8, 4) is 11.5 Å². The monoisotopic (exact) mass is 478 g/mol. The van der Waals surface area contributed by atoms with Gasteiger partial charge in [0, 0.05) is 20.1 Å². The van der Waals surface area contributed by atoms with Crippen molar-refractivity contribution in [2.75, 3.05) is 0 Å². The number of aldehydes is 2. The number of halogens is 3. The zero-order chi connectivity index (χ0) is 18.9. The molecule has 0 spiro atoms. The summed E-state index contributed by atoms with van der Waals surface area (Å²) in [5.74, 6) is 1.12. The van der Waals surface area contributed by atoms with Gasteiger partial charge in [0.2, 0.25) is 0 Å². The third-order valence-electron chi connectivity index (χ3n) is 3.17. The lowest BCUT2D eigenvalue weighted by Crippen LogP contribution is -1.86. The molecule has 0 aromatic heterocycles. The predicted octanol–water partition coefficient (Wildman–Crippen LogP) is 6.45. The van der Waals surface area contributed by atoms with Crippen LogP contribution in [-0.4, -0.2) is 12.6 Å².